The van der Waals surface area contributed by atoms with Crippen LogP contribution >= 0.6 is 0 Å². The summed E-state index contributed by atoms with van der Waals surface area (Å²) < 4.78 is 1.86. The normalized spacial score (nSPS) is 13.6. The maximum absolute atomic E-state index is 12.5. The SMILES string of the molecule is CC(C)Cn1ncc2cc(C(=O)NCC(C)(C)C(O)C(C)C)cnc21. The van der Waals surface area contributed by atoms with Crippen molar-refractivity contribution in [2.45, 2.75) is 54.2 Å². The van der Waals surface area contributed by atoms with Gasteiger partial charge in [-0.15, -0.1) is 0 Å². The molecule has 0 saturated carbocycles. The molecule has 0 saturated heterocycles. The first-order chi connectivity index (χ1) is 11.6. The highest BCUT2D eigenvalue weighted by molar-refractivity contribution is 5.96. The van der Waals surface area contributed by atoms with Crippen LogP contribution in [0.5, 0.6) is 0 Å². The molecule has 0 aromatic carbocycles. The molecular formula is C19H30N4O2. The Morgan fingerprint density at radius 3 is 2.56 bits per heavy atom. The molecule has 0 radical (unpaired) electrons. The van der Waals surface area contributed by atoms with Crippen molar-refractivity contribution >= 4 is 16.9 Å². The summed E-state index contributed by atoms with van der Waals surface area (Å²) in [7, 11) is 0. The van der Waals surface area contributed by atoms with Crippen LogP contribution < -0.4 is 5.32 Å². The van der Waals surface area contributed by atoms with E-state index >= 15 is 0 Å². The fourth-order valence-corrected chi connectivity index (χ4v) is 2.99. The molecule has 2 N–H and O–H groups in total. The van der Waals surface area contributed by atoms with E-state index in [9.17, 15) is 9.90 Å². The van der Waals surface area contributed by atoms with Crippen molar-refractivity contribution in [2.75, 3.05) is 6.54 Å². The molecule has 2 aromatic heterocycles. The van der Waals surface area contributed by atoms with Crippen LogP contribution in [0.25, 0.3) is 11.0 Å². The zero-order chi connectivity index (χ0) is 18.8. The summed E-state index contributed by atoms with van der Waals surface area (Å²) in [6.45, 7) is 13.3. The average Bonchev–Trinajstić information content (AvgIpc) is 2.93. The second-order valence-corrected chi connectivity index (χ2v) is 8.22. The standard InChI is InChI=1S/C19H30N4O2/c1-12(2)10-23-17-14(9-22-23)7-15(8-20-17)18(25)21-11-19(5,6)16(24)13(3)4/h7-9,12-13,16,24H,10-11H2,1-6H3,(H,21,25). The Morgan fingerprint density at radius 2 is 1.96 bits per heavy atom. The molecule has 25 heavy (non-hydrogen) atoms. The number of rotatable bonds is 7. The van der Waals surface area contributed by atoms with Gasteiger partial charge in [-0.25, -0.2) is 9.67 Å². The minimum atomic E-state index is -0.484. The molecular weight excluding hydrogens is 316 g/mol. The van der Waals surface area contributed by atoms with E-state index in [0.717, 1.165) is 17.6 Å². The van der Waals surface area contributed by atoms with Gasteiger partial charge >= 0.3 is 0 Å². The van der Waals surface area contributed by atoms with E-state index < -0.39 is 11.5 Å². The van der Waals surface area contributed by atoms with Crippen LogP contribution in [0.2, 0.25) is 0 Å². The van der Waals surface area contributed by atoms with E-state index in [2.05, 4.69) is 29.2 Å². The van der Waals surface area contributed by atoms with Crippen LogP contribution in [0.1, 0.15) is 51.9 Å². The topological polar surface area (TPSA) is 80.0 Å². The van der Waals surface area contributed by atoms with Gasteiger partial charge in [0.05, 0.1) is 17.9 Å². The number of carbonyl (C=O) groups is 1. The van der Waals surface area contributed by atoms with Crippen molar-refractivity contribution in [3.05, 3.63) is 24.0 Å². The van der Waals surface area contributed by atoms with Crippen LogP contribution in [-0.2, 0) is 6.54 Å². The van der Waals surface area contributed by atoms with E-state index in [1.165, 1.54) is 0 Å². The molecule has 1 unspecified atom stereocenters. The fraction of sp³-hybridized carbons (Fsp3) is 0.632. The van der Waals surface area contributed by atoms with Crippen molar-refractivity contribution in [2.24, 2.45) is 17.3 Å². The highest BCUT2D eigenvalue weighted by Gasteiger charge is 2.30. The Labute approximate surface area is 149 Å². The third kappa shape index (κ3) is 4.57. The quantitative estimate of drug-likeness (QED) is 0.808. The monoisotopic (exact) mass is 346 g/mol. The lowest BCUT2D eigenvalue weighted by Crippen LogP contribution is -2.43. The van der Waals surface area contributed by atoms with Gasteiger partial charge < -0.3 is 10.4 Å². The number of nitrogens with one attached hydrogen (secondary N) is 1. The summed E-state index contributed by atoms with van der Waals surface area (Å²) >= 11 is 0. The second kappa shape index (κ2) is 7.52. The summed E-state index contributed by atoms with van der Waals surface area (Å²) in [6.07, 6.45) is 2.85. The lowest BCUT2D eigenvalue weighted by Gasteiger charge is -2.33. The predicted molar refractivity (Wildman–Crippen MR) is 99.3 cm³/mol. The number of aliphatic hydroxyl groups is 1. The summed E-state index contributed by atoms with van der Waals surface area (Å²) in [6, 6.07) is 1.81. The Bertz CT molecular complexity index is 734. The maximum Gasteiger partial charge on any atom is 0.252 e. The molecule has 2 heterocycles. The zero-order valence-corrected chi connectivity index (χ0v) is 16.1. The van der Waals surface area contributed by atoms with Crippen molar-refractivity contribution in [1.82, 2.24) is 20.1 Å². The van der Waals surface area contributed by atoms with Gasteiger partial charge in [-0.1, -0.05) is 41.5 Å². The first-order valence-corrected chi connectivity index (χ1v) is 8.89. The molecule has 6 heteroatoms. The number of fused-ring (bicyclic) bond motifs is 1. The number of aliphatic hydroxyl groups excluding tert-OH is 1. The molecule has 0 aliphatic carbocycles. The second-order valence-electron chi connectivity index (χ2n) is 8.22. The highest BCUT2D eigenvalue weighted by Crippen LogP contribution is 2.25. The van der Waals surface area contributed by atoms with Crippen LogP contribution in [0.3, 0.4) is 0 Å². The van der Waals surface area contributed by atoms with Crippen LogP contribution in [0, 0.1) is 17.3 Å². The van der Waals surface area contributed by atoms with Gasteiger partial charge in [-0.05, 0) is 17.9 Å². The Morgan fingerprint density at radius 1 is 1.28 bits per heavy atom. The van der Waals surface area contributed by atoms with Gasteiger partial charge in [0.15, 0.2) is 5.65 Å². The van der Waals surface area contributed by atoms with E-state index in [1.54, 1.807) is 12.4 Å². The lowest BCUT2D eigenvalue weighted by atomic mass is 9.80. The molecule has 2 rings (SSSR count). The highest BCUT2D eigenvalue weighted by atomic mass is 16.3. The summed E-state index contributed by atoms with van der Waals surface area (Å²) in [5.41, 5.74) is 0.899. The van der Waals surface area contributed by atoms with Crippen molar-refractivity contribution in [3.63, 3.8) is 0 Å². The van der Waals surface area contributed by atoms with Gasteiger partial charge in [0.25, 0.3) is 5.91 Å². The third-order valence-electron chi connectivity index (χ3n) is 4.41. The molecule has 0 aliphatic heterocycles. The number of nitrogens with zero attached hydrogens (tertiary/aromatic N) is 3. The van der Waals surface area contributed by atoms with Gasteiger partial charge in [0, 0.05) is 30.1 Å². The van der Waals surface area contributed by atoms with E-state index in [-0.39, 0.29) is 11.8 Å². The molecule has 0 spiro atoms. The number of aromatic nitrogens is 3. The molecule has 6 nitrogen and oxygen atoms in total. The molecule has 1 atom stereocenters. The molecule has 2 aromatic rings. The van der Waals surface area contributed by atoms with E-state index in [1.807, 2.05) is 38.4 Å². The van der Waals surface area contributed by atoms with Gasteiger partial charge in [0.1, 0.15) is 0 Å². The number of amides is 1. The maximum atomic E-state index is 12.5. The number of pyridine rings is 1. The summed E-state index contributed by atoms with van der Waals surface area (Å²) in [5, 5.41) is 18.4. The van der Waals surface area contributed by atoms with Gasteiger partial charge in [-0.2, -0.15) is 5.10 Å². The number of hydrogen-bond donors (Lipinski definition) is 2. The molecule has 0 fully saturated rings. The Kier molecular flexibility index (Phi) is 5.83. The van der Waals surface area contributed by atoms with Crippen molar-refractivity contribution < 1.29 is 9.90 Å². The summed E-state index contributed by atoms with van der Waals surface area (Å²) in [5.74, 6) is 0.425. The van der Waals surface area contributed by atoms with Crippen LogP contribution in [-0.4, -0.2) is 38.4 Å². The Balaban J connectivity index is 2.10. The zero-order valence-electron chi connectivity index (χ0n) is 16.1. The van der Waals surface area contributed by atoms with Crippen molar-refractivity contribution in [3.8, 4) is 0 Å². The van der Waals surface area contributed by atoms with E-state index in [0.29, 0.717) is 18.0 Å². The van der Waals surface area contributed by atoms with E-state index in [4.69, 9.17) is 0 Å². The molecule has 0 bridgehead atoms. The van der Waals surface area contributed by atoms with Crippen LogP contribution in [0.15, 0.2) is 18.5 Å². The first kappa shape index (κ1) is 19.4. The average molecular weight is 346 g/mol. The van der Waals surface area contributed by atoms with Crippen LogP contribution in [0.4, 0.5) is 0 Å². The minimum absolute atomic E-state index is 0.136. The molecule has 1 amide bonds. The summed E-state index contributed by atoms with van der Waals surface area (Å²) in [4.78, 5) is 16.9. The molecule has 0 aliphatic rings. The molecule has 138 valence electrons. The fourth-order valence-electron chi connectivity index (χ4n) is 2.99. The van der Waals surface area contributed by atoms with Crippen molar-refractivity contribution in [1.29, 1.82) is 0 Å². The third-order valence-corrected chi connectivity index (χ3v) is 4.41. The number of hydrogen-bond acceptors (Lipinski definition) is 4. The Hall–Kier alpha value is -1.95. The lowest BCUT2D eigenvalue weighted by molar-refractivity contribution is 0.0138. The smallest absolute Gasteiger partial charge is 0.252 e. The largest absolute Gasteiger partial charge is 0.392 e. The minimum Gasteiger partial charge on any atom is -0.392 e. The van der Waals surface area contributed by atoms with Gasteiger partial charge in [-0.3, -0.25) is 4.79 Å². The predicted octanol–water partition coefficient (Wildman–Crippen LogP) is 2.86. The van der Waals surface area contributed by atoms with Gasteiger partial charge in [0.2, 0.25) is 0 Å². The number of carbonyl (C=O) groups excluding carboxylic acids is 1. The first-order valence-electron chi connectivity index (χ1n) is 8.89.